The van der Waals surface area contributed by atoms with Gasteiger partial charge in [0.2, 0.25) is 0 Å². The zero-order valence-corrected chi connectivity index (χ0v) is 28.2. The molecule has 3 heterocycles. The van der Waals surface area contributed by atoms with E-state index in [0.717, 1.165) is 51.2 Å². The Kier molecular flexibility index (Phi) is 8.53. The van der Waals surface area contributed by atoms with Crippen LogP contribution < -0.4 is 0 Å². The SMILES string of the molecule is [2H]C([2H])([2H])c1ccc(-c2[c-]cccc2)nc1.[2H]c1ccc2o[c-]c(-c3nc4ccccc4n3Cc3c(C(C)C)cccc3C(C)C)c2c1.[Ir]. The van der Waals surface area contributed by atoms with Crippen LogP contribution in [0.2, 0.25) is 0 Å². The zero-order valence-electron chi connectivity index (χ0n) is 29.8. The van der Waals surface area contributed by atoms with Crippen molar-refractivity contribution in [2.45, 2.75) is 52.9 Å². The van der Waals surface area contributed by atoms with E-state index in [1.807, 2.05) is 42.5 Å². The monoisotopic (exact) mass is 772 g/mol. The van der Waals surface area contributed by atoms with Crippen LogP contribution in [0.3, 0.4) is 0 Å². The van der Waals surface area contributed by atoms with Crippen molar-refractivity contribution in [2.24, 2.45) is 0 Å². The Labute approximate surface area is 285 Å². The molecule has 7 aromatic rings. The number of pyridine rings is 1. The van der Waals surface area contributed by atoms with E-state index in [2.05, 4.69) is 79.9 Å². The predicted molar refractivity (Wildman–Crippen MR) is 181 cm³/mol. The molecule has 4 aromatic carbocycles. The van der Waals surface area contributed by atoms with Crippen LogP contribution in [-0.4, -0.2) is 14.5 Å². The Morgan fingerprint density at radius 3 is 2.33 bits per heavy atom. The number of nitrogens with zero attached hydrogens (tertiary/aromatic N) is 3. The number of rotatable bonds is 6. The fourth-order valence-electron chi connectivity index (χ4n) is 5.61. The number of aryl methyl sites for hydroxylation is 1. The van der Waals surface area contributed by atoms with Gasteiger partial charge in [0, 0.05) is 48.8 Å². The average Bonchev–Trinajstić information content (AvgIpc) is 3.65. The van der Waals surface area contributed by atoms with Crippen LogP contribution in [0.1, 0.15) is 67.3 Å². The third-order valence-electron chi connectivity index (χ3n) is 7.79. The molecule has 7 rings (SSSR count). The van der Waals surface area contributed by atoms with Crippen LogP contribution in [-0.2, 0) is 26.7 Å². The van der Waals surface area contributed by atoms with Crippen molar-refractivity contribution >= 4 is 22.0 Å². The van der Waals surface area contributed by atoms with Gasteiger partial charge in [-0.05, 0) is 58.8 Å². The fraction of sp³-hybridized carbons (Fsp3) is 0.200. The third-order valence-corrected chi connectivity index (χ3v) is 7.79. The van der Waals surface area contributed by atoms with Crippen molar-refractivity contribution < 1.29 is 30.0 Å². The van der Waals surface area contributed by atoms with E-state index in [4.69, 9.17) is 14.9 Å². The molecule has 0 fully saturated rings. The van der Waals surface area contributed by atoms with Gasteiger partial charge in [0.25, 0.3) is 0 Å². The molecular formula is C40H37IrN3O-2. The Morgan fingerprint density at radius 2 is 1.64 bits per heavy atom. The van der Waals surface area contributed by atoms with E-state index >= 15 is 0 Å². The first kappa shape index (κ1) is 27.0. The summed E-state index contributed by atoms with van der Waals surface area (Å²) < 4.78 is 37.8. The van der Waals surface area contributed by atoms with Gasteiger partial charge in [-0.25, -0.2) is 0 Å². The van der Waals surface area contributed by atoms with Gasteiger partial charge in [0.05, 0.1) is 18.2 Å². The van der Waals surface area contributed by atoms with Crippen LogP contribution >= 0.6 is 0 Å². The minimum Gasteiger partial charge on any atom is -0.557 e. The molecule has 0 bridgehead atoms. The first-order valence-corrected chi connectivity index (χ1v) is 14.9. The van der Waals surface area contributed by atoms with E-state index in [-0.39, 0.29) is 25.7 Å². The predicted octanol–water partition coefficient (Wildman–Crippen LogP) is 10.4. The number of fused-ring (bicyclic) bond motifs is 2. The summed E-state index contributed by atoms with van der Waals surface area (Å²) in [7, 11) is 0. The van der Waals surface area contributed by atoms with Gasteiger partial charge in [-0.2, -0.15) is 0 Å². The van der Waals surface area contributed by atoms with Crippen LogP contribution in [0.4, 0.5) is 0 Å². The maximum atomic E-state index is 8.08. The zero-order chi connectivity index (χ0) is 34.0. The summed E-state index contributed by atoms with van der Waals surface area (Å²) in [6.45, 7) is 7.64. The van der Waals surface area contributed by atoms with Crippen LogP contribution in [0.25, 0.3) is 44.6 Å². The number of para-hydroxylation sites is 3. The third kappa shape index (κ3) is 6.85. The van der Waals surface area contributed by atoms with Crippen molar-refractivity contribution in [1.82, 2.24) is 14.5 Å². The number of hydrogen-bond acceptors (Lipinski definition) is 3. The number of aromatic nitrogens is 3. The maximum Gasteiger partial charge on any atom is 0.0770 e. The number of furan rings is 1. The van der Waals surface area contributed by atoms with Crippen molar-refractivity contribution in [3.8, 4) is 22.6 Å². The maximum absolute atomic E-state index is 8.08. The second-order valence-electron chi connectivity index (χ2n) is 11.4. The number of benzene rings is 4. The van der Waals surface area contributed by atoms with E-state index in [9.17, 15) is 0 Å². The van der Waals surface area contributed by atoms with E-state index in [0.29, 0.717) is 17.9 Å². The number of imidazole rings is 1. The fourth-order valence-corrected chi connectivity index (χ4v) is 5.61. The van der Waals surface area contributed by atoms with Crippen molar-refractivity contribution in [1.29, 1.82) is 0 Å². The van der Waals surface area contributed by atoms with Crippen molar-refractivity contribution in [2.75, 3.05) is 0 Å². The minimum atomic E-state index is -2.09. The molecule has 229 valence electrons. The molecule has 0 N–H and O–H groups in total. The molecule has 45 heavy (non-hydrogen) atoms. The topological polar surface area (TPSA) is 43.9 Å². The molecule has 4 nitrogen and oxygen atoms in total. The molecule has 0 atom stereocenters. The quantitative estimate of drug-likeness (QED) is 0.158. The summed E-state index contributed by atoms with van der Waals surface area (Å²) in [5, 5.41) is 0.871. The summed E-state index contributed by atoms with van der Waals surface area (Å²) in [5.41, 5.74) is 9.50. The molecule has 0 spiro atoms. The Bertz CT molecular complexity index is 2140. The molecule has 0 saturated heterocycles. The molecule has 1 radical (unpaired) electrons. The van der Waals surface area contributed by atoms with Crippen LogP contribution in [0.5, 0.6) is 0 Å². The standard InChI is InChI=1S/C28H27N2O.C12H10N.Ir/c1-18(2)20-11-9-12-21(19(3)4)23(20)16-30-26-14-7-6-13-25(26)29-28(30)24-17-31-27-15-8-5-10-22(24)27;1-10-7-8-12(13-9-10)11-5-3-2-4-6-11;/h5-15,18-19H,16H2,1-4H3;2-5,7-9H,1H3;/q2*-1;/i5D;1D3;. The van der Waals surface area contributed by atoms with Gasteiger partial charge in [0.15, 0.2) is 0 Å². The molecule has 5 heteroatoms. The van der Waals surface area contributed by atoms with Crippen molar-refractivity contribution in [3.05, 3.63) is 144 Å². The van der Waals surface area contributed by atoms with Gasteiger partial charge < -0.3 is 14.0 Å². The average molecular weight is 772 g/mol. The minimum absolute atomic E-state index is 0. The molecule has 3 aromatic heterocycles. The summed E-state index contributed by atoms with van der Waals surface area (Å²) in [4.78, 5) is 9.11. The summed E-state index contributed by atoms with van der Waals surface area (Å²) in [5.74, 6) is 1.67. The second kappa shape index (κ2) is 14.2. The number of hydrogen-bond donors (Lipinski definition) is 0. The Hall–Kier alpha value is -4.31. The van der Waals surface area contributed by atoms with Gasteiger partial charge in [-0.15, -0.1) is 42.0 Å². The Morgan fingerprint density at radius 1 is 0.867 bits per heavy atom. The van der Waals surface area contributed by atoms with E-state index < -0.39 is 6.85 Å². The molecule has 0 aliphatic heterocycles. The smallest absolute Gasteiger partial charge is 0.0770 e. The molecule has 0 aliphatic rings. The molecule has 0 unspecified atom stereocenters. The molecule has 0 aliphatic carbocycles. The molecular weight excluding hydrogens is 731 g/mol. The van der Waals surface area contributed by atoms with Gasteiger partial charge in [-0.3, -0.25) is 4.98 Å². The van der Waals surface area contributed by atoms with Crippen molar-refractivity contribution in [3.63, 3.8) is 0 Å². The first-order valence-electron chi connectivity index (χ1n) is 16.9. The summed E-state index contributed by atoms with van der Waals surface area (Å²) >= 11 is 0. The van der Waals surface area contributed by atoms with Crippen LogP contribution in [0.15, 0.2) is 114 Å². The van der Waals surface area contributed by atoms with E-state index in [1.54, 1.807) is 24.3 Å². The summed E-state index contributed by atoms with van der Waals surface area (Å²) in [6, 6.07) is 34.5. The summed E-state index contributed by atoms with van der Waals surface area (Å²) in [6.07, 6.45) is 4.47. The van der Waals surface area contributed by atoms with Gasteiger partial charge in [0.1, 0.15) is 0 Å². The van der Waals surface area contributed by atoms with Crippen LogP contribution in [0, 0.1) is 19.2 Å². The second-order valence-corrected chi connectivity index (χ2v) is 11.4. The van der Waals surface area contributed by atoms with Gasteiger partial charge in [-0.1, -0.05) is 99.3 Å². The normalized spacial score (nSPS) is 12.7. The molecule has 0 saturated carbocycles. The Balaban J connectivity index is 0.000000233. The first-order chi connectivity index (χ1) is 23.0. The van der Waals surface area contributed by atoms with E-state index in [1.165, 1.54) is 22.9 Å². The largest absolute Gasteiger partial charge is 0.557 e. The van der Waals surface area contributed by atoms with Gasteiger partial charge >= 0.3 is 0 Å². The molecule has 0 amide bonds.